The van der Waals surface area contributed by atoms with Crippen molar-refractivity contribution in [2.24, 2.45) is 34.0 Å². The monoisotopic (exact) mass is 362 g/mol. The van der Waals surface area contributed by atoms with Crippen molar-refractivity contribution >= 4 is 5.97 Å². The predicted octanol–water partition coefficient (Wildman–Crippen LogP) is 3.46. The maximum atomic E-state index is 11.9. The highest BCUT2D eigenvalue weighted by Crippen LogP contribution is 2.70. The molecule has 4 aliphatic carbocycles. The smallest absolute Gasteiger partial charge is 0.302 e. The molecule has 0 saturated heterocycles. The second-order valence-electron chi connectivity index (χ2n) is 10.4. The summed E-state index contributed by atoms with van der Waals surface area (Å²) in [4.78, 5) is 11.9. The molecule has 3 saturated carbocycles. The Hall–Kier alpha value is -0.870. The zero-order chi connectivity index (χ0) is 19.1. The molecule has 146 valence electrons. The van der Waals surface area contributed by atoms with E-state index >= 15 is 0 Å². The van der Waals surface area contributed by atoms with Crippen LogP contribution in [-0.4, -0.2) is 34.5 Å². The van der Waals surface area contributed by atoms with Crippen molar-refractivity contribution in [2.75, 3.05) is 0 Å². The number of esters is 1. The predicted molar refractivity (Wildman–Crippen MR) is 99.2 cm³/mol. The van der Waals surface area contributed by atoms with Crippen LogP contribution in [0.1, 0.15) is 66.7 Å². The fourth-order valence-electron chi connectivity index (χ4n) is 7.85. The van der Waals surface area contributed by atoms with E-state index in [-0.39, 0.29) is 40.2 Å². The minimum absolute atomic E-state index is 0.129. The van der Waals surface area contributed by atoms with Gasteiger partial charge in [0, 0.05) is 23.7 Å². The molecule has 4 nitrogen and oxygen atoms in total. The van der Waals surface area contributed by atoms with E-state index in [2.05, 4.69) is 33.8 Å². The lowest BCUT2D eigenvalue weighted by Crippen LogP contribution is -2.66. The summed E-state index contributed by atoms with van der Waals surface area (Å²) in [6.45, 7) is 10.5. The normalized spacial score (nSPS) is 51.9. The molecule has 4 rings (SSSR count). The number of aliphatic hydroxyl groups excluding tert-OH is 2. The molecular weight excluding hydrogens is 328 g/mol. The molecule has 0 radical (unpaired) electrons. The van der Waals surface area contributed by atoms with Crippen molar-refractivity contribution in [3.05, 3.63) is 11.6 Å². The van der Waals surface area contributed by atoms with Crippen molar-refractivity contribution in [2.45, 2.75) is 85.0 Å². The molecule has 4 aliphatic rings. The second kappa shape index (κ2) is 5.57. The average Bonchev–Trinajstić information content (AvgIpc) is 2.68. The first-order valence-corrected chi connectivity index (χ1v) is 10.3. The zero-order valence-corrected chi connectivity index (χ0v) is 16.8. The Bertz CT molecular complexity index is 653. The molecule has 2 bridgehead atoms. The fraction of sp³-hybridized carbons (Fsp3) is 0.864. The van der Waals surface area contributed by atoms with E-state index < -0.39 is 12.2 Å². The van der Waals surface area contributed by atoms with Gasteiger partial charge in [0.05, 0.1) is 12.2 Å². The molecule has 1 unspecified atom stereocenters. The Balaban J connectivity index is 1.84. The fourth-order valence-corrected chi connectivity index (χ4v) is 7.85. The lowest BCUT2D eigenvalue weighted by Gasteiger charge is -2.66. The van der Waals surface area contributed by atoms with Crippen molar-refractivity contribution in [3.63, 3.8) is 0 Å². The van der Waals surface area contributed by atoms with Crippen LogP contribution in [0.2, 0.25) is 0 Å². The Labute approximate surface area is 157 Å². The Morgan fingerprint density at radius 3 is 2.50 bits per heavy atom. The maximum absolute atomic E-state index is 11.9. The number of fused-ring (bicyclic) bond motifs is 3. The minimum atomic E-state index is -0.517. The van der Waals surface area contributed by atoms with E-state index in [9.17, 15) is 15.0 Å². The molecule has 3 fully saturated rings. The van der Waals surface area contributed by atoms with Crippen LogP contribution in [0.25, 0.3) is 0 Å². The summed E-state index contributed by atoms with van der Waals surface area (Å²) < 4.78 is 5.88. The van der Waals surface area contributed by atoms with Gasteiger partial charge in [-0.1, -0.05) is 32.4 Å². The van der Waals surface area contributed by atoms with Crippen LogP contribution in [0.15, 0.2) is 11.6 Å². The topological polar surface area (TPSA) is 66.8 Å². The first kappa shape index (κ1) is 18.5. The highest BCUT2D eigenvalue weighted by molar-refractivity contribution is 5.66. The quantitative estimate of drug-likeness (QED) is 0.554. The van der Waals surface area contributed by atoms with Crippen LogP contribution in [0.5, 0.6) is 0 Å². The molecule has 1 spiro atoms. The average molecular weight is 363 g/mol. The van der Waals surface area contributed by atoms with E-state index in [0.717, 1.165) is 31.3 Å². The van der Waals surface area contributed by atoms with Gasteiger partial charge < -0.3 is 14.9 Å². The van der Waals surface area contributed by atoms with Gasteiger partial charge in [-0.25, -0.2) is 0 Å². The van der Waals surface area contributed by atoms with Crippen LogP contribution in [0.3, 0.4) is 0 Å². The molecule has 0 heterocycles. The van der Waals surface area contributed by atoms with Gasteiger partial charge in [0.1, 0.15) is 6.10 Å². The molecule has 8 atom stereocenters. The third-order valence-corrected chi connectivity index (χ3v) is 8.82. The van der Waals surface area contributed by atoms with E-state index in [4.69, 9.17) is 4.74 Å². The van der Waals surface area contributed by atoms with E-state index in [0.29, 0.717) is 12.3 Å². The SMILES string of the molecule is CC(=O)O[C@H]1CCC(C)(C)C2CC[C@]34C=C(C)[C@H]([C@H](O)C[C@H]3[C@@]21C)[C@H]4O. The number of ether oxygens (including phenoxy) is 1. The number of aliphatic hydroxyl groups is 2. The Morgan fingerprint density at radius 1 is 1.15 bits per heavy atom. The Kier molecular flexibility index (Phi) is 3.96. The van der Waals surface area contributed by atoms with Gasteiger partial charge in [0.15, 0.2) is 0 Å². The number of carbonyl (C=O) groups excluding carboxylic acids is 1. The number of rotatable bonds is 1. The van der Waals surface area contributed by atoms with Crippen LogP contribution < -0.4 is 0 Å². The Morgan fingerprint density at radius 2 is 1.85 bits per heavy atom. The molecule has 26 heavy (non-hydrogen) atoms. The first-order valence-electron chi connectivity index (χ1n) is 10.3. The molecule has 2 N–H and O–H groups in total. The lowest BCUT2D eigenvalue weighted by atomic mass is 9.39. The molecule has 0 amide bonds. The number of carbonyl (C=O) groups is 1. The van der Waals surface area contributed by atoms with Gasteiger partial charge in [0.2, 0.25) is 0 Å². The summed E-state index contributed by atoms with van der Waals surface area (Å²) in [7, 11) is 0. The maximum Gasteiger partial charge on any atom is 0.302 e. The van der Waals surface area contributed by atoms with Crippen molar-refractivity contribution in [3.8, 4) is 0 Å². The van der Waals surface area contributed by atoms with Gasteiger partial charge in [-0.05, 0) is 56.3 Å². The van der Waals surface area contributed by atoms with Crippen LogP contribution in [0.4, 0.5) is 0 Å². The van der Waals surface area contributed by atoms with E-state index in [1.54, 1.807) is 0 Å². The minimum Gasteiger partial charge on any atom is -0.462 e. The number of hydrogen-bond acceptors (Lipinski definition) is 4. The molecule has 0 aliphatic heterocycles. The van der Waals surface area contributed by atoms with Gasteiger partial charge in [-0.2, -0.15) is 0 Å². The van der Waals surface area contributed by atoms with Crippen LogP contribution >= 0.6 is 0 Å². The van der Waals surface area contributed by atoms with Crippen LogP contribution in [0, 0.1) is 34.0 Å². The van der Waals surface area contributed by atoms with Gasteiger partial charge >= 0.3 is 5.97 Å². The first-order chi connectivity index (χ1) is 12.0. The lowest BCUT2D eigenvalue weighted by molar-refractivity contribution is -0.235. The zero-order valence-electron chi connectivity index (χ0n) is 16.8. The highest BCUT2D eigenvalue weighted by Gasteiger charge is 2.69. The summed E-state index contributed by atoms with van der Waals surface area (Å²) in [5.41, 5.74) is 0.815. The summed E-state index contributed by atoms with van der Waals surface area (Å²) in [6, 6.07) is 0. The summed E-state index contributed by atoms with van der Waals surface area (Å²) in [6.07, 6.45) is 5.73. The molecule has 0 aromatic rings. The largest absolute Gasteiger partial charge is 0.462 e. The molecular formula is C22H34O4. The third-order valence-electron chi connectivity index (χ3n) is 8.82. The van der Waals surface area contributed by atoms with Crippen molar-refractivity contribution in [1.29, 1.82) is 0 Å². The molecule has 0 aromatic heterocycles. The third kappa shape index (κ3) is 2.18. The standard InChI is InChI=1S/C22H34O4/c1-12-11-22-9-6-15-20(3,4)8-7-17(26-13(2)23)21(15,5)16(22)10-14(24)18(12)19(22)25/h11,14-19,24-25H,6-10H2,1-5H3/t14-,15?,16+,17+,18-,19-,21-,22+/m1/s1. The van der Waals surface area contributed by atoms with Gasteiger partial charge in [-0.3, -0.25) is 4.79 Å². The molecule has 0 aromatic carbocycles. The summed E-state index contributed by atoms with van der Waals surface area (Å²) >= 11 is 0. The molecule has 4 heteroatoms. The summed E-state index contributed by atoms with van der Waals surface area (Å²) in [5.74, 6) is 0.211. The van der Waals surface area contributed by atoms with Crippen molar-refractivity contribution < 1.29 is 19.7 Å². The second-order valence-corrected chi connectivity index (χ2v) is 10.4. The van der Waals surface area contributed by atoms with Crippen molar-refractivity contribution in [1.82, 2.24) is 0 Å². The van der Waals surface area contributed by atoms with Gasteiger partial charge in [0.25, 0.3) is 0 Å². The summed E-state index contributed by atoms with van der Waals surface area (Å²) in [5, 5.41) is 22.1. The van der Waals surface area contributed by atoms with Gasteiger partial charge in [-0.15, -0.1) is 0 Å². The van der Waals surface area contributed by atoms with E-state index in [1.165, 1.54) is 6.92 Å². The van der Waals surface area contributed by atoms with E-state index in [1.807, 2.05) is 0 Å². The number of hydrogen-bond donors (Lipinski definition) is 2. The highest BCUT2D eigenvalue weighted by atomic mass is 16.5. The van der Waals surface area contributed by atoms with Crippen LogP contribution in [-0.2, 0) is 9.53 Å².